The Bertz CT molecular complexity index is 578. The van der Waals surface area contributed by atoms with Crippen LogP contribution in [0.2, 0.25) is 0 Å². The molecule has 0 fully saturated rings. The molecular weight excluding hydrogens is 308 g/mol. The first-order valence-corrected chi connectivity index (χ1v) is 7.16. The lowest BCUT2D eigenvalue weighted by molar-refractivity contribution is -0.125. The lowest BCUT2D eigenvalue weighted by Crippen LogP contribution is -2.42. The van der Waals surface area contributed by atoms with Crippen molar-refractivity contribution in [1.82, 2.24) is 4.98 Å². The molecule has 0 N–H and O–H groups in total. The van der Waals surface area contributed by atoms with E-state index in [9.17, 15) is 9.59 Å². The molecule has 4 nitrogen and oxygen atoms in total. The Balaban J connectivity index is 1.99. The van der Waals surface area contributed by atoms with Gasteiger partial charge in [0.05, 0.1) is 11.9 Å². The predicted octanol–water partition coefficient (Wildman–Crippen LogP) is 2.98. The number of aromatic nitrogens is 1. The minimum atomic E-state index is -0.157. The number of imide groups is 1. The number of hydrogen-bond acceptors (Lipinski definition) is 3. The number of carbonyl (C=O) groups is 2. The first kappa shape index (κ1) is 12.5. The zero-order chi connectivity index (χ0) is 13.4. The van der Waals surface area contributed by atoms with E-state index in [1.165, 1.54) is 4.90 Å². The van der Waals surface area contributed by atoms with Crippen LogP contribution in [0.5, 0.6) is 0 Å². The van der Waals surface area contributed by atoms with Crippen molar-refractivity contribution in [2.75, 3.05) is 4.90 Å². The van der Waals surface area contributed by atoms with Gasteiger partial charge in [0.1, 0.15) is 4.60 Å². The zero-order valence-corrected chi connectivity index (χ0v) is 11.9. The zero-order valence-electron chi connectivity index (χ0n) is 10.4. The molecule has 98 valence electrons. The standard InChI is InChI=1S/C14H13BrN2O2/c15-12-6-5-10(8-16-12)17-13(18)7-9-3-1-2-4-11(9)14(17)19/h5-6,8H,1-4,7H2. The number of amides is 2. The maximum absolute atomic E-state index is 12.5. The smallest absolute Gasteiger partial charge is 0.261 e. The lowest BCUT2D eigenvalue weighted by Gasteiger charge is -2.31. The molecule has 2 heterocycles. The molecule has 2 amide bonds. The van der Waals surface area contributed by atoms with Crippen LogP contribution in [0.15, 0.2) is 34.1 Å². The fourth-order valence-electron chi connectivity index (χ4n) is 2.69. The highest BCUT2D eigenvalue weighted by atomic mass is 79.9. The summed E-state index contributed by atoms with van der Waals surface area (Å²) in [5, 5.41) is 0. The number of rotatable bonds is 1. The molecule has 0 radical (unpaired) electrons. The van der Waals surface area contributed by atoms with Crippen LogP contribution in [0, 0.1) is 0 Å². The molecule has 1 aromatic heterocycles. The summed E-state index contributed by atoms with van der Waals surface area (Å²) in [7, 11) is 0. The molecule has 0 saturated heterocycles. The van der Waals surface area contributed by atoms with Crippen molar-refractivity contribution in [2.24, 2.45) is 0 Å². The maximum Gasteiger partial charge on any atom is 0.261 e. The van der Waals surface area contributed by atoms with Crippen LogP contribution in [-0.4, -0.2) is 16.8 Å². The molecular formula is C14H13BrN2O2. The van der Waals surface area contributed by atoms with E-state index in [2.05, 4.69) is 20.9 Å². The van der Waals surface area contributed by atoms with Gasteiger partial charge in [-0.25, -0.2) is 9.88 Å². The molecule has 0 saturated carbocycles. The second-order valence-corrected chi connectivity index (χ2v) is 5.65. The van der Waals surface area contributed by atoms with Gasteiger partial charge in [0.2, 0.25) is 5.91 Å². The summed E-state index contributed by atoms with van der Waals surface area (Å²) >= 11 is 3.25. The third kappa shape index (κ3) is 2.23. The number of nitrogens with zero attached hydrogens (tertiary/aromatic N) is 2. The Morgan fingerprint density at radius 1 is 1.16 bits per heavy atom. The van der Waals surface area contributed by atoms with Gasteiger partial charge in [-0.1, -0.05) is 5.57 Å². The van der Waals surface area contributed by atoms with E-state index in [0.717, 1.165) is 36.8 Å². The fourth-order valence-corrected chi connectivity index (χ4v) is 2.93. The average Bonchev–Trinajstić information content (AvgIpc) is 2.41. The maximum atomic E-state index is 12.5. The van der Waals surface area contributed by atoms with Gasteiger partial charge < -0.3 is 0 Å². The summed E-state index contributed by atoms with van der Waals surface area (Å²) in [5.41, 5.74) is 2.44. The second-order valence-electron chi connectivity index (χ2n) is 4.84. The van der Waals surface area contributed by atoms with E-state index >= 15 is 0 Å². The van der Waals surface area contributed by atoms with Gasteiger partial charge in [-0.15, -0.1) is 0 Å². The van der Waals surface area contributed by atoms with Crippen LogP contribution in [0.3, 0.4) is 0 Å². The van der Waals surface area contributed by atoms with Gasteiger partial charge in [0.15, 0.2) is 0 Å². The topological polar surface area (TPSA) is 50.3 Å². The van der Waals surface area contributed by atoms with Crippen molar-refractivity contribution in [3.05, 3.63) is 34.1 Å². The Morgan fingerprint density at radius 3 is 2.68 bits per heavy atom. The molecule has 1 aliphatic carbocycles. The van der Waals surface area contributed by atoms with E-state index < -0.39 is 0 Å². The van der Waals surface area contributed by atoms with Crippen LogP contribution in [0.25, 0.3) is 0 Å². The number of pyridine rings is 1. The molecule has 3 rings (SSSR count). The number of halogens is 1. The Morgan fingerprint density at radius 2 is 1.95 bits per heavy atom. The second kappa shape index (κ2) is 4.89. The van der Waals surface area contributed by atoms with Gasteiger partial charge in [0, 0.05) is 12.0 Å². The van der Waals surface area contributed by atoms with Gasteiger partial charge in [-0.3, -0.25) is 9.59 Å². The third-order valence-electron chi connectivity index (χ3n) is 3.63. The number of anilines is 1. The molecule has 19 heavy (non-hydrogen) atoms. The van der Waals surface area contributed by atoms with Crippen molar-refractivity contribution in [2.45, 2.75) is 32.1 Å². The molecule has 2 aliphatic rings. The largest absolute Gasteiger partial charge is 0.274 e. The Labute approximate surface area is 119 Å². The van der Waals surface area contributed by atoms with Crippen molar-refractivity contribution in [3.8, 4) is 0 Å². The molecule has 1 aliphatic heterocycles. The summed E-state index contributed by atoms with van der Waals surface area (Å²) in [4.78, 5) is 30.0. The van der Waals surface area contributed by atoms with E-state index in [0.29, 0.717) is 16.7 Å². The first-order chi connectivity index (χ1) is 9.16. The van der Waals surface area contributed by atoms with Crippen LogP contribution in [0.4, 0.5) is 5.69 Å². The number of carbonyl (C=O) groups excluding carboxylic acids is 2. The van der Waals surface area contributed by atoms with Gasteiger partial charge in [0.25, 0.3) is 5.91 Å². The van der Waals surface area contributed by atoms with Crippen molar-refractivity contribution in [3.63, 3.8) is 0 Å². The number of hydrogen-bond donors (Lipinski definition) is 0. The lowest BCUT2D eigenvalue weighted by atomic mass is 9.86. The van der Waals surface area contributed by atoms with Crippen LogP contribution >= 0.6 is 15.9 Å². The molecule has 0 aromatic carbocycles. The molecule has 1 aromatic rings. The highest BCUT2D eigenvalue weighted by Crippen LogP contribution is 2.34. The van der Waals surface area contributed by atoms with Crippen LogP contribution in [0.1, 0.15) is 32.1 Å². The van der Waals surface area contributed by atoms with Crippen molar-refractivity contribution in [1.29, 1.82) is 0 Å². The van der Waals surface area contributed by atoms with E-state index in [-0.39, 0.29) is 11.8 Å². The van der Waals surface area contributed by atoms with Crippen molar-refractivity contribution >= 4 is 33.4 Å². The normalized spacial score (nSPS) is 19.7. The van der Waals surface area contributed by atoms with E-state index in [1.807, 2.05) is 0 Å². The van der Waals surface area contributed by atoms with Gasteiger partial charge in [-0.05, 0) is 53.7 Å². The quantitative estimate of drug-likeness (QED) is 0.590. The molecule has 5 heteroatoms. The van der Waals surface area contributed by atoms with Crippen LogP contribution in [-0.2, 0) is 9.59 Å². The minimum Gasteiger partial charge on any atom is -0.274 e. The predicted molar refractivity (Wildman–Crippen MR) is 74.5 cm³/mol. The van der Waals surface area contributed by atoms with E-state index in [4.69, 9.17) is 0 Å². The molecule has 0 spiro atoms. The minimum absolute atomic E-state index is 0.144. The van der Waals surface area contributed by atoms with E-state index in [1.54, 1.807) is 18.3 Å². The molecule has 0 unspecified atom stereocenters. The van der Waals surface area contributed by atoms with Crippen LogP contribution < -0.4 is 4.90 Å². The molecule has 0 atom stereocenters. The molecule has 0 bridgehead atoms. The highest BCUT2D eigenvalue weighted by Gasteiger charge is 2.34. The first-order valence-electron chi connectivity index (χ1n) is 6.36. The Hall–Kier alpha value is -1.49. The summed E-state index contributed by atoms with van der Waals surface area (Å²) < 4.78 is 0.686. The summed E-state index contributed by atoms with van der Waals surface area (Å²) in [6.07, 6.45) is 5.72. The Kier molecular flexibility index (Phi) is 3.22. The van der Waals surface area contributed by atoms with Crippen molar-refractivity contribution < 1.29 is 9.59 Å². The average molecular weight is 321 g/mol. The van der Waals surface area contributed by atoms with Gasteiger partial charge >= 0.3 is 0 Å². The summed E-state index contributed by atoms with van der Waals surface area (Å²) in [6.45, 7) is 0. The monoisotopic (exact) mass is 320 g/mol. The third-order valence-corrected chi connectivity index (χ3v) is 4.10. The fraction of sp³-hybridized carbons (Fsp3) is 0.357. The highest BCUT2D eigenvalue weighted by molar-refractivity contribution is 9.10. The summed E-state index contributed by atoms with van der Waals surface area (Å²) in [6, 6.07) is 3.47. The SMILES string of the molecule is O=C1CC2=C(CCCC2)C(=O)N1c1ccc(Br)nc1. The van der Waals surface area contributed by atoms with Gasteiger partial charge in [-0.2, -0.15) is 0 Å². The summed E-state index contributed by atoms with van der Waals surface area (Å²) in [5.74, 6) is -0.301.